The first-order chi connectivity index (χ1) is 10.6. The monoisotopic (exact) mass is 331 g/mol. The smallest absolute Gasteiger partial charge is 0.112 e. The molecule has 2 aromatic rings. The van der Waals surface area contributed by atoms with E-state index in [0.717, 1.165) is 21.7 Å². The zero-order valence-corrected chi connectivity index (χ0v) is 13.3. The Balaban J connectivity index is 1.82. The predicted octanol–water partition coefficient (Wildman–Crippen LogP) is 5.29. The third kappa shape index (κ3) is 3.65. The van der Waals surface area contributed by atoms with E-state index in [2.05, 4.69) is 11.1 Å². The Morgan fingerprint density at radius 1 is 0.909 bits per heavy atom. The van der Waals surface area contributed by atoms with Crippen LogP contribution in [0, 0.1) is 0 Å². The molecule has 1 N–H and O–H groups in total. The summed E-state index contributed by atoms with van der Waals surface area (Å²) in [6.45, 7) is 1.21. The Morgan fingerprint density at radius 3 is 2.14 bits per heavy atom. The van der Waals surface area contributed by atoms with Gasteiger partial charge in [0.25, 0.3) is 0 Å². The van der Waals surface area contributed by atoms with Gasteiger partial charge in [-0.3, -0.25) is 0 Å². The molecule has 0 spiro atoms. The van der Waals surface area contributed by atoms with Gasteiger partial charge in [0.15, 0.2) is 0 Å². The van der Waals surface area contributed by atoms with Crippen molar-refractivity contribution in [1.29, 1.82) is 0 Å². The molecule has 2 aromatic carbocycles. The molecule has 0 aromatic heterocycles. The molecule has 1 aliphatic rings. The Bertz CT molecular complexity index is 718. The highest BCUT2D eigenvalue weighted by Gasteiger charge is 2.13. The van der Waals surface area contributed by atoms with Gasteiger partial charge in [0, 0.05) is 28.4 Å². The van der Waals surface area contributed by atoms with Crippen LogP contribution < -0.4 is 0 Å². The molecular weight excluding hydrogens is 317 g/mol. The predicted molar refractivity (Wildman–Crippen MR) is 92.0 cm³/mol. The third-order valence-electron chi connectivity index (χ3n) is 3.49. The highest BCUT2D eigenvalue weighted by Crippen LogP contribution is 2.25. The Labute approximate surface area is 139 Å². The molecule has 0 bridgehead atoms. The SMILES string of the molecule is OC1=CC(c2ccc(Cl)cc2)=CN(Cc2ccc(Cl)cc2)C1. The number of hydrogen-bond donors (Lipinski definition) is 1. The highest BCUT2D eigenvalue weighted by atomic mass is 35.5. The molecular formula is C18H15Cl2NO. The lowest BCUT2D eigenvalue weighted by molar-refractivity contribution is 0.304. The molecule has 0 saturated heterocycles. The van der Waals surface area contributed by atoms with Crippen molar-refractivity contribution in [2.75, 3.05) is 6.54 Å². The van der Waals surface area contributed by atoms with Crippen LogP contribution in [-0.2, 0) is 6.54 Å². The van der Waals surface area contributed by atoms with Crippen molar-refractivity contribution in [2.24, 2.45) is 0 Å². The molecule has 0 unspecified atom stereocenters. The van der Waals surface area contributed by atoms with Crippen LogP contribution in [0.2, 0.25) is 10.0 Å². The summed E-state index contributed by atoms with van der Waals surface area (Å²) in [5.74, 6) is 0.349. The standard InChI is InChI=1S/C18H15Cl2NO/c19-16-5-1-13(2-6-16)10-21-11-15(9-18(22)12-21)14-3-7-17(20)8-4-14/h1-9,11,22H,10,12H2. The second-order valence-electron chi connectivity index (χ2n) is 5.26. The van der Waals surface area contributed by atoms with Crippen LogP contribution in [0.1, 0.15) is 11.1 Å². The minimum absolute atomic E-state index is 0.349. The first kappa shape index (κ1) is 15.0. The van der Waals surface area contributed by atoms with E-state index in [1.165, 1.54) is 0 Å². The second-order valence-corrected chi connectivity index (χ2v) is 6.13. The van der Waals surface area contributed by atoms with E-state index < -0.39 is 0 Å². The average molecular weight is 332 g/mol. The second kappa shape index (κ2) is 6.47. The van der Waals surface area contributed by atoms with Crippen molar-refractivity contribution in [3.8, 4) is 0 Å². The summed E-state index contributed by atoms with van der Waals surface area (Å²) in [6.07, 6.45) is 3.85. The summed E-state index contributed by atoms with van der Waals surface area (Å²) in [4.78, 5) is 2.07. The molecule has 0 fully saturated rings. The molecule has 0 aliphatic carbocycles. The summed E-state index contributed by atoms with van der Waals surface area (Å²) < 4.78 is 0. The van der Waals surface area contributed by atoms with E-state index in [9.17, 15) is 5.11 Å². The quantitative estimate of drug-likeness (QED) is 0.825. The Morgan fingerprint density at radius 2 is 1.50 bits per heavy atom. The number of allylic oxidation sites excluding steroid dienone is 2. The van der Waals surface area contributed by atoms with E-state index in [4.69, 9.17) is 23.2 Å². The van der Waals surface area contributed by atoms with Gasteiger partial charge in [-0.05, 0) is 41.5 Å². The summed E-state index contributed by atoms with van der Waals surface area (Å²) in [6, 6.07) is 15.3. The normalized spacial score (nSPS) is 14.5. The summed E-state index contributed by atoms with van der Waals surface area (Å²) in [5, 5.41) is 11.4. The zero-order valence-electron chi connectivity index (χ0n) is 11.8. The number of aliphatic hydroxyl groups is 1. The van der Waals surface area contributed by atoms with Crippen LogP contribution in [0.25, 0.3) is 5.57 Å². The molecule has 0 saturated carbocycles. The van der Waals surface area contributed by atoms with Crippen molar-refractivity contribution >= 4 is 28.8 Å². The van der Waals surface area contributed by atoms with Gasteiger partial charge in [-0.1, -0.05) is 47.5 Å². The fourth-order valence-corrected chi connectivity index (χ4v) is 2.69. The first-order valence-corrected chi connectivity index (χ1v) is 7.71. The van der Waals surface area contributed by atoms with Gasteiger partial charge in [-0.25, -0.2) is 0 Å². The average Bonchev–Trinajstić information content (AvgIpc) is 2.50. The molecule has 112 valence electrons. The van der Waals surface area contributed by atoms with Crippen molar-refractivity contribution in [1.82, 2.24) is 4.90 Å². The fraction of sp³-hybridized carbons (Fsp3) is 0.111. The van der Waals surface area contributed by atoms with Crippen LogP contribution in [0.3, 0.4) is 0 Å². The van der Waals surface area contributed by atoms with E-state index in [-0.39, 0.29) is 0 Å². The van der Waals surface area contributed by atoms with Crippen molar-refractivity contribution in [2.45, 2.75) is 6.54 Å². The van der Waals surface area contributed by atoms with Crippen LogP contribution >= 0.6 is 23.2 Å². The van der Waals surface area contributed by atoms with Crippen molar-refractivity contribution < 1.29 is 5.11 Å². The molecule has 0 amide bonds. The molecule has 4 heteroatoms. The van der Waals surface area contributed by atoms with Crippen LogP contribution in [-0.4, -0.2) is 16.6 Å². The van der Waals surface area contributed by atoms with E-state index in [1.54, 1.807) is 6.08 Å². The lowest BCUT2D eigenvalue weighted by Crippen LogP contribution is -2.22. The first-order valence-electron chi connectivity index (χ1n) is 6.96. The van der Waals surface area contributed by atoms with E-state index >= 15 is 0 Å². The molecule has 3 rings (SSSR count). The van der Waals surface area contributed by atoms with Crippen LogP contribution in [0.5, 0.6) is 0 Å². The lowest BCUT2D eigenvalue weighted by Gasteiger charge is -2.25. The number of halogens is 2. The number of rotatable bonds is 3. The van der Waals surface area contributed by atoms with Gasteiger partial charge in [0.2, 0.25) is 0 Å². The molecule has 22 heavy (non-hydrogen) atoms. The maximum Gasteiger partial charge on any atom is 0.112 e. The minimum Gasteiger partial charge on any atom is -0.510 e. The maximum atomic E-state index is 10.0. The van der Waals surface area contributed by atoms with Crippen LogP contribution in [0.4, 0.5) is 0 Å². The van der Waals surface area contributed by atoms with Gasteiger partial charge in [-0.15, -0.1) is 0 Å². The number of benzene rings is 2. The lowest BCUT2D eigenvalue weighted by atomic mass is 10.0. The van der Waals surface area contributed by atoms with E-state index in [0.29, 0.717) is 23.9 Å². The Kier molecular flexibility index (Phi) is 4.41. The topological polar surface area (TPSA) is 23.5 Å². The fourth-order valence-electron chi connectivity index (χ4n) is 2.44. The van der Waals surface area contributed by atoms with Crippen LogP contribution in [0.15, 0.2) is 66.6 Å². The van der Waals surface area contributed by atoms with Crippen molar-refractivity contribution in [3.63, 3.8) is 0 Å². The van der Waals surface area contributed by atoms with Gasteiger partial charge < -0.3 is 10.0 Å². The highest BCUT2D eigenvalue weighted by molar-refractivity contribution is 6.30. The van der Waals surface area contributed by atoms with Gasteiger partial charge >= 0.3 is 0 Å². The Hall–Kier alpha value is -1.90. The van der Waals surface area contributed by atoms with E-state index in [1.807, 2.05) is 48.5 Å². The number of hydrogen-bond acceptors (Lipinski definition) is 2. The minimum atomic E-state index is 0.349. The summed E-state index contributed by atoms with van der Waals surface area (Å²) in [7, 11) is 0. The van der Waals surface area contributed by atoms with Gasteiger partial charge in [0.05, 0.1) is 6.54 Å². The zero-order chi connectivity index (χ0) is 15.5. The number of aliphatic hydroxyl groups excluding tert-OH is 1. The summed E-state index contributed by atoms with van der Waals surface area (Å²) in [5.41, 5.74) is 3.14. The summed E-state index contributed by atoms with van der Waals surface area (Å²) >= 11 is 11.8. The maximum absolute atomic E-state index is 10.0. The number of nitrogens with zero attached hydrogens (tertiary/aromatic N) is 1. The molecule has 2 nitrogen and oxygen atoms in total. The van der Waals surface area contributed by atoms with Gasteiger partial charge in [0.1, 0.15) is 5.76 Å². The van der Waals surface area contributed by atoms with Crippen molar-refractivity contribution in [3.05, 3.63) is 87.7 Å². The largest absolute Gasteiger partial charge is 0.510 e. The molecule has 1 aliphatic heterocycles. The molecule has 0 atom stereocenters. The molecule has 1 heterocycles. The third-order valence-corrected chi connectivity index (χ3v) is 3.99. The molecule has 0 radical (unpaired) electrons. The van der Waals surface area contributed by atoms with Gasteiger partial charge in [-0.2, -0.15) is 0 Å².